The summed E-state index contributed by atoms with van der Waals surface area (Å²) in [7, 11) is 0. The fraction of sp³-hybridized carbons (Fsp3) is 0.417. The number of rotatable bonds is 2. The van der Waals surface area contributed by atoms with Crippen molar-refractivity contribution in [2.24, 2.45) is 5.73 Å². The first kappa shape index (κ1) is 14.4. The Morgan fingerprint density at radius 3 is 2.40 bits per heavy atom. The molecular weight excluding hydrogens is 277 g/mol. The minimum Gasteiger partial charge on any atom is -0.530 e. The van der Waals surface area contributed by atoms with E-state index in [0.29, 0.717) is 12.0 Å². The number of likely N-dealkylation sites (tertiary alicyclic amines) is 1. The van der Waals surface area contributed by atoms with Gasteiger partial charge in [-0.15, -0.1) is 13.2 Å². The number of nitrogens with zero attached hydrogens (tertiary/aromatic N) is 1. The molecule has 110 valence electrons. The van der Waals surface area contributed by atoms with Crippen LogP contribution in [0.5, 0.6) is 5.75 Å². The molecule has 0 spiro atoms. The van der Waals surface area contributed by atoms with Crippen LogP contribution in [0.25, 0.3) is 0 Å². The topological polar surface area (TPSA) is 78.6 Å². The zero-order chi connectivity index (χ0) is 14.9. The Balaban J connectivity index is 2.06. The van der Waals surface area contributed by atoms with Gasteiger partial charge >= 0.3 is 6.36 Å². The van der Waals surface area contributed by atoms with Crippen molar-refractivity contribution in [2.75, 3.05) is 6.54 Å². The van der Waals surface area contributed by atoms with Crippen LogP contribution < -0.4 is 15.6 Å². The van der Waals surface area contributed by atoms with E-state index < -0.39 is 18.6 Å². The summed E-state index contributed by atoms with van der Waals surface area (Å²) in [5.41, 5.74) is 6.36. The number of carbonyl (C=O) groups is 1. The van der Waals surface area contributed by atoms with E-state index in [9.17, 15) is 23.1 Å². The Kier molecular flexibility index (Phi) is 3.76. The maximum absolute atomic E-state index is 12.0. The van der Waals surface area contributed by atoms with Crippen molar-refractivity contribution in [3.8, 4) is 5.75 Å². The first-order chi connectivity index (χ1) is 9.26. The number of nitrogens with two attached hydrogens (primary N) is 1. The predicted molar refractivity (Wildman–Crippen MR) is 60.6 cm³/mol. The summed E-state index contributed by atoms with van der Waals surface area (Å²) in [6, 6.07) is 5.32. The Morgan fingerprint density at radius 1 is 1.35 bits per heavy atom. The molecule has 0 aliphatic carbocycles. The highest BCUT2D eigenvalue weighted by Gasteiger charge is 2.32. The van der Waals surface area contributed by atoms with Gasteiger partial charge in [-0.25, -0.2) is 0 Å². The largest absolute Gasteiger partial charge is 0.573 e. The highest BCUT2D eigenvalue weighted by Crippen LogP contribution is 2.31. The number of carbonyl (C=O) groups excluding carboxylic acids is 1. The van der Waals surface area contributed by atoms with Crippen LogP contribution in [0.4, 0.5) is 18.0 Å². The zero-order valence-electron chi connectivity index (χ0n) is 10.3. The van der Waals surface area contributed by atoms with E-state index >= 15 is 0 Å². The molecule has 1 aromatic carbocycles. The van der Waals surface area contributed by atoms with E-state index in [1.54, 1.807) is 0 Å². The molecule has 0 bridgehead atoms. The fourth-order valence-electron chi connectivity index (χ4n) is 2.26. The molecule has 2 rings (SSSR count). The van der Waals surface area contributed by atoms with Crippen molar-refractivity contribution in [1.29, 1.82) is 0 Å². The molecule has 1 aliphatic rings. The number of halogens is 3. The van der Waals surface area contributed by atoms with Gasteiger partial charge in [0.15, 0.2) is 0 Å². The lowest BCUT2D eigenvalue weighted by Crippen LogP contribution is -2.47. The summed E-state index contributed by atoms with van der Waals surface area (Å²) in [6.07, 6.45) is -6.34. The monoisotopic (exact) mass is 289 g/mol. The molecule has 1 heterocycles. The van der Waals surface area contributed by atoms with Crippen molar-refractivity contribution >= 4 is 6.09 Å². The van der Waals surface area contributed by atoms with Gasteiger partial charge in [0.05, 0.1) is 6.17 Å². The molecule has 1 aliphatic heterocycles. The molecule has 20 heavy (non-hydrogen) atoms. The van der Waals surface area contributed by atoms with E-state index in [0.717, 1.165) is 4.90 Å². The molecule has 1 amide bonds. The van der Waals surface area contributed by atoms with Crippen LogP contribution in [0.2, 0.25) is 0 Å². The molecule has 0 saturated carbocycles. The number of ether oxygens (including phenoxy) is 1. The number of carboxylic acid groups (broad SMARTS) is 1. The summed E-state index contributed by atoms with van der Waals surface area (Å²) < 4.78 is 39.8. The standard InChI is InChI=1S/C12H13F3N2O3/c13-12(14,15)20-9-3-1-7(2-4-9)8-5-10(16)17(6-8)11(18)19/h1-4,8,10H,5-6,16H2,(H,18,19)/p-1. The molecule has 2 unspecified atom stereocenters. The molecule has 2 atom stereocenters. The maximum atomic E-state index is 12.0. The number of amides is 1. The summed E-state index contributed by atoms with van der Waals surface area (Å²) in [5, 5.41) is 10.8. The molecule has 1 fully saturated rings. The normalized spacial score (nSPS) is 22.9. The first-order valence-electron chi connectivity index (χ1n) is 5.85. The van der Waals surface area contributed by atoms with Crippen LogP contribution in [0, 0.1) is 0 Å². The lowest BCUT2D eigenvalue weighted by molar-refractivity contribution is -0.274. The molecule has 0 radical (unpaired) electrons. The molecule has 8 heteroatoms. The van der Waals surface area contributed by atoms with Gasteiger partial charge in [0.2, 0.25) is 0 Å². The second-order valence-corrected chi connectivity index (χ2v) is 4.54. The van der Waals surface area contributed by atoms with Gasteiger partial charge in [0, 0.05) is 12.5 Å². The molecule has 0 aromatic heterocycles. The van der Waals surface area contributed by atoms with Crippen molar-refractivity contribution in [3.63, 3.8) is 0 Å². The average molecular weight is 289 g/mol. The van der Waals surface area contributed by atoms with E-state index in [-0.39, 0.29) is 18.2 Å². The lowest BCUT2D eigenvalue weighted by atomic mass is 9.98. The second-order valence-electron chi connectivity index (χ2n) is 4.54. The van der Waals surface area contributed by atoms with Gasteiger partial charge in [-0.05, 0) is 24.1 Å². The van der Waals surface area contributed by atoms with Crippen molar-refractivity contribution < 1.29 is 27.8 Å². The van der Waals surface area contributed by atoms with Gasteiger partial charge in [-0.1, -0.05) is 12.1 Å². The minimum atomic E-state index is -4.73. The van der Waals surface area contributed by atoms with Crippen LogP contribution in [0.3, 0.4) is 0 Å². The van der Waals surface area contributed by atoms with Crippen LogP contribution >= 0.6 is 0 Å². The molecule has 1 aromatic rings. The minimum absolute atomic E-state index is 0.164. The third kappa shape index (κ3) is 3.32. The lowest BCUT2D eigenvalue weighted by Gasteiger charge is -2.23. The van der Waals surface area contributed by atoms with E-state index in [2.05, 4.69) is 4.74 Å². The zero-order valence-corrected chi connectivity index (χ0v) is 10.3. The number of hydrogen-bond donors (Lipinski definition) is 1. The Hall–Kier alpha value is -1.96. The molecule has 5 nitrogen and oxygen atoms in total. The third-order valence-electron chi connectivity index (χ3n) is 3.16. The Morgan fingerprint density at radius 2 is 1.95 bits per heavy atom. The Bertz CT molecular complexity index is 490. The van der Waals surface area contributed by atoms with Gasteiger partial charge in [0.1, 0.15) is 11.8 Å². The first-order valence-corrected chi connectivity index (χ1v) is 5.85. The molecule has 1 saturated heterocycles. The smallest absolute Gasteiger partial charge is 0.530 e. The number of alkyl halides is 3. The van der Waals surface area contributed by atoms with Crippen LogP contribution in [-0.4, -0.2) is 30.1 Å². The summed E-state index contributed by atoms with van der Waals surface area (Å²) >= 11 is 0. The van der Waals surface area contributed by atoms with E-state index in [1.165, 1.54) is 24.3 Å². The third-order valence-corrected chi connectivity index (χ3v) is 3.16. The van der Waals surface area contributed by atoms with Crippen LogP contribution in [0.1, 0.15) is 17.9 Å². The molecular formula is C12H12F3N2O3-. The van der Waals surface area contributed by atoms with Crippen LogP contribution in [-0.2, 0) is 0 Å². The fourth-order valence-corrected chi connectivity index (χ4v) is 2.26. The van der Waals surface area contributed by atoms with Gasteiger partial charge in [0.25, 0.3) is 0 Å². The Labute approximate surface area is 112 Å². The average Bonchev–Trinajstić information content (AvgIpc) is 2.70. The highest BCUT2D eigenvalue weighted by molar-refractivity contribution is 5.63. The summed E-state index contributed by atoms with van der Waals surface area (Å²) in [6.45, 7) is 0.170. The second kappa shape index (κ2) is 5.20. The quantitative estimate of drug-likeness (QED) is 0.881. The van der Waals surface area contributed by atoms with Gasteiger partial charge < -0.3 is 25.3 Å². The van der Waals surface area contributed by atoms with Crippen molar-refractivity contribution in [1.82, 2.24) is 4.90 Å². The predicted octanol–water partition coefficient (Wildman–Crippen LogP) is 1.00. The SMILES string of the molecule is NC1CC(c2ccc(OC(F)(F)F)cc2)CN1C(=O)[O-]. The summed E-state index contributed by atoms with van der Waals surface area (Å²) in [5.74, 6) is -0.483. The highest BCUT2D eigenvalue weighted by atomic mass is 19.4. The van der Waals surface area contributed by atoms with Crippen molar-refractivity contribution in [3.05, 3.63) is 29.8 Å². The van der Waals surface area contributed by atoms with Gasteiger partial charge in [-0.3, -0.25) is 0 Å². The maximum Gasteiger partial charge on any atom is 0.573 e. The van der Waals surface area contributed by atoms with E-state index in [4.69, 9.17) is 5.73 Å². The molecule has 2 N–H and O–H groups in total. The number of hydrogen-bond acceptors (Lipinski definition) is 4. The van der Waals surface area contributed by atoms with Crippen molar-refractivity contribution in [2.45, 2.75) is 24.9 Å². The number of benzene rings is 1. The van der Waals surface area contributed by atoms with Crippen LogP contribution in [0.15, 0.2) is 24.3 Å². The van der Waals surface area contributed by atoms with E-state index in [1.807, 2.05) is 0 Å². The van der Waals surface area contributed by atoms with Gasteiger partial charge in [-0.2, -0.15) is 0 Å². The summed E-state index contributed by atoms with van der Waals surface area (Å²) in [4.78, 5) is 11.8.